The van der Waals surface area contributed by atoms with Gasteiger partial charge in [-0.15, -0.1) is 0 Å². The third-order valence-corrected chi connectivity index (χ3v) is 4.35. The van der Waals surface area contributed by atoms with Crippen molar-refractivity contribution < 1.29 is 14.4 Å². The molecular formula is C17H11NO3. The summed E-state index contributed by atoms with van der Waals surface area (Å²) in [5.74, 6) is -1.19. The van der Waals surface area contributed by atoms with Crippen LogP contribution in [0.15, 0.2) is 48.5 Å². The molecule has 4 nitrogen and oxygen atoms in total. The Morgan fingerprint density at radius 1 is 0.857 bits per heavy atom. The van der Waals surface area contributed by atoms with Crippen molar-refractivity contribution in [2.45, 2.75) is 11.8 Å². The van der Waals surface area contributed by atoms with E-state index >= 15 is 0 Å². The number of nitrogens with one attached hydrogen (secondary N) is 1. The van der Waals surface area contributed by atoms with Gasteiger partial charge in [0.2, 0.25) is 5.91 Å². The SMILES string of the molecule is O=C1NC(=O)C2(Cc3ccccc3C2=O)c2ccccc21. The van der Waals surface area contributed by atoms with Crippen molar-refractivity contribution >= 4 is 17.6 Å². The molecule has 4 heteroatoms. The van der Waals surface area contributed by atoms with Crippen molar-refractivity contribution in [2.24, 2.45) is 0 Å². The molecule has 1 heterocycles. The maximum absolute atomic E-state index is 12.9. The Morgan fingerprint density at radius 2 is 1.52 bits per heavy atom. The maximum Gasteiger partial charge on any atom is 0.258 e. The Morgan fingerprint density at radius 3 is 2.29 bits per heavy atom. The van der Waals surface area contributed by atoms with Gasteiger partial charge in [0.1, 0.15) is 5.41 Å². The fraction of sp³-hybridized carbons (Fsp3) is 0.118. The summed E-state index contributed by atoms with van der Waals surface area (Å²) in [5, 5.41) is 2.33. The summed E-state index contributed by atoms with van der Waals surface area (Å²) in [6.07, 6.45) is 0.304. The molecule has 1 N–H and O–H groups in total. The topological polar surface area (TPSA) is 63.2 Å². The Kier molecular flexibility index (Phi) is 2.22. The lowest BCUT2D eigenvalue weighted by Crippen LogP contribution is -2.55. The van der Waals surface area contributed by atoms with Crippen LogP contribution in [0.1, 0.15) is 31.8 Å². The monoisotopic (exact) mass is 277 g/mol. The van der Waals surface area contributed by atoms with E-state index in [9.17, 15) is 14.4 Å². The van der Waals surface area contributed by atoms with Gasteiger partial charge in [0.25, 0.3) is 5.91 Å². The summed E-state index contributed by atoms with van der Waals surface area (Å²) < 4.78 is 0. The van der Waals surface area contributed by atoms with Crippen molar-refractivity contribution in [3.63, 3.8) is 0 Å². The second-order valence-electron chi connectivity index (χ2n) is 5.40. The minimum absolute atomic E-state index is 0.226. The van der Waals surface area contributed by atoms with Gasteiger partial charge >= 0.3 is 0 Å². The number of fused-ring (bicyclic) bond motifs is 3. The van der Waals surface area contributed by atoms with E-state index in [0.29, 0.717) is 23.1 Å². The molecule has 0 fully saturated rings. The number of carbonyl (C=O) groups excluding carboxylic acids is 3. The van der Waals surface area contributed by atoms with Crippen LogP contribution >= 0.6 is 0 Å². The Labute approximate surface area is 120 Å². The second kappa shape index (κ2) is 3.88. The third-order valence-electron chi connectivity index (χ3n) is 4.35. The van der Waals surface area contributed by atoms with E-state index in [2.05, 4.69) is 5.32 Å². The standard InChI is InChI=1S/C17H11NO3/c19-14-11-6-2-1-5-10(11)9-17(14)13-8-4-3-7-12(13)15(20)18-16(17)21/h1-8H,9H2,(H,18,20,21). The molecule has 4 rings (SSSR count). The molecule has 1 unspecified atom stereocenters. The van der Waals surface area contributed by atoms with E-state index in [0.717, 1.165) is 5.56 Å². The number of rotatable bonds is 0. The van der Waals surface area contributed by atoms with Gasteiger partial charge < -0.3 is 0 Å². The van der Waals surface area contributed by atoms with Crippen LogP contribution in [0.2, 0.25) is 0 Å². The van der Waals surface area contributed by atoms with Crippen LogP contribution in [0.5, 0.6) is 0 Å². The average molecular weight is 277 g/mol. The molecule has 2 aliphatic rings. The van der Waals surface area contributed by atoms with E-state index in [-0.39, 0.29) is 5.78 Å². The van der Waals surface area contributed by atoms with Gasteiger partial charge in [-0.1, -0.05) is 42.5 Å². The summed E-state index contributed by atoms with van der Waals surface area (Å²) in [4.78, 5) is 37.4. The zero-order chi connectivity index (χ0) is 14.6. The van der Waals surface area contributed by atoms with Crippen molar-refractivity contribution in [1.82, 2.24) is 5.32 Å². The fourth-order valence-electron chi connectivity index (χ4n) is 3.35. The highest BCUT2D eigenvalue weighted by molar-refractivity contribution is 6.28. The van der Waals surface area contributed by atoms with Gasteiger partial charge in [0.15, 0.2) is 5.78 Å². The minimum Gasteiger partial charge on any atom is -0.293 e. The molecule has 1 atom stereocenters. The van der Waals surface area contributed by atoms with Gasteiger partial charge in [-0.3, -0.25) is 19.7 Å². The second-order valence-corrected chi connectivity index (χ2v) is 5.40. The molecule has 2 amide bonds. The molecule has 2 aromatic rings. The summed E-state index contributed by atoms with van der Waals surface area (Å²) >= 11 is 0. The number of Topliss-reactive ketones (excluding diaryl/α,β-unsaturated/α-hetero) is 1. The summed E-state index contributed by atoms with van der Waals surface area (Å²) in [6, 6.07) is 14.1. The summed E-state index contributed by atoms with van der Waals surface area (Å²) in [6.45, 7) is 0. The number of amides is 2. The van der Waals surface area contributed by atoms with E-state index in [1.54, 1.807) is 36.4 Å². The van der Waals surface area contributed by atoms with Crippen LogP contribution in [0.25, 0.3) is 0 Å². The van der Waals surface area contributed by atoms with Crippen LogP contribution < -0.4 is 5.32 Å². The van der Waals surface area contributed by atoms with Gasteiger partial charge in [-0.05, 0) is 23.6 Å². The largest absolute Gasteiger partial charge is 0.293 e. The van der Waals surface area contributed by atoms with Crippen LogP contribution in [0.3, 0.4) is 0 Å². The minimum atomic E-state index is -1.30. The number of hydrogen-bond acceptors (Lipinski definition) is 3. The lowest BCUT2D eigenvalue weighted by molar-refractivity contribution is -0.124. The molecule has 2 aromatic carbocycles. The highest BCUT2D eigenvalue weighted by atomic mass is 16.2. The number of imide groups is 1. The first-order valence-electron chi connectivity index (χ1n) is 6.72. The molecule has 0 aromatic heterocycles. The zero-order valence-corrected chi connectivity index (χ0v) is 11.1. The Balaban J connectivity index is 2.01. The third kappa shape index (κ3) is 1.36. The van der Waals surface area contributed by atoms with Crippen molar-refractivity contribution in [3.8, 4) is 0 Å². The number of benzene rings is 2. The van der Waals surface area contributed by atoms with Gasteiger partial charge in [0, 0.05) is 11.1 Å². The summed E-state index contributed by atoms with van der Waals surface area (Å²) in [7, 11) is 0. The highest BCUT2D eigenvalue weighted by Crippen LogP contribution is 2.43. The van der Waals surface area contributed by atoms with Crippen LogP contribution in [0.4, 0.5) is 0 Å². The predicted octanol–water partition coefficient (Wildman–Crippen LogP) is 1.63. The van der Waals surface area contributed by atoms with Gasteiger partial charge in [0.05, 0.1) is 0 Å². The molecule has 1 aliphatic carbocycles. The lowest BCUT2D eigenvalue weighted by Gasteiger charge is -2.32. The molecule has 1 aliphatic heterocycles. The quantitative estimate of drug-likeness (QED) is 0.588. The molecule has 1 spiro atoms. The first kappa shape index (κ1) is 12.0. The van der Waals surface area contributed by atoms with Crippen LogP contribution in [-0.2, 0) is 16.6 Å². The molecular weight excluding hydrogens is 266 g/mol. The van der Waals surface area contributed by atoms with E-state index in [4.69, 9.17) is 0 Å². The maximum atomic E-state index is 12.9. The van der Waals surface area contributed by atoms with Crippen molar-refractivity contribution in [1.29, 1.82) is 0 Å². The Hall–Kier alpha value is -2.75. The average Bonchev–Trinajstić information content (AvgIpc) is 2.80. The first-order valence-corrected chi connectivity index (χ1v) is 6.72. The fourth-order valence-corrected chi connectivity index (χ4v) is 3.35. The van der Waals surface area contributed by atoms with Gasteiger partial charge in [-0.2, -0.15) is 0 Å². The predicted molar refractivity (Wildman–Crippen MR) is 75.1 cm³/mol. The molecule has 0 saturated carbocycles. The molecule has 0 radical (unpaired) electrons. The van der Waals surface area contributed by atoms with Crippen molar-refractivity contribution in [3.05, 3.63) is 70.8 Å². The van der Waals surface area contributed by atoms with E-state index in [1.165, 1.54) is 0 Å². The van der Waals surface area contributed by atoms with Crippen LogP contribution in [-0.4, -0.2) is 17.6 Å². The summed E-state index contributed by atoms with van der Waals surface area (Å²) in [5.41, 5.74) is 1.03. The van der Waals surface area contributed by atoms with Gasteiger partial charge in [-0.25, -0.2) is 0 Å². The highest BCUT2D eigenvalue weighted by Gasteiger charge is 2.56. The van der Waals surface area contributed by atoms with E-state index in [1.807, 2.05) is 12.1 Å². The molecule has 102 valence electrons. The zero-order valence-electron chi connectivity index (χ0n) is 11.1. The molecule has 0 bridgehead atoms. The Bertz CT molecular complexity index is 824. The molecule has 0 saturated heterocycles. The normalized spacial score (nSPS) is 23.0. The van der Waals surface area contributed by atoms with Crippen LogP contribution in [0, 0.1) is 0 Å². The number of hydrogen-bond donors (Lipinski definition) is 1. The van der Waals surface area contributed by atoms with E-state index < -0.39 is 17.2 Å². The first-order chi connectivity index (χ1) is 10.1. The number of carbonyl (C=O) groups is 3. The smallest absolute Gasteiger partial charge is 0.258 e. The van der Waals surface area contributed by atoms with Crippen molar-refractivity contribution in [2.75, 3.05) is 0 Å². The lowest BCUT2D eigenvalue weighted by atomic mass is 9.72. The molecule has 21 heavy (non-hydrogen) atoms. The number of ketones is 1.